The van der Waals surface area contributed by atoms with E-state index in [1.54, 1.807) is 29.2 Å². The van der Waals surface area contributed by atoms with E-state index in [0.717, 1.165) is 10.2 Å². The van der Waals surface area contributed by atoms with Crippen LogP contribution in [-0.2, 0) is 6.54 Å². The molecule has 0 aliphatic carbocycles. The fourth-order valence-electron chi connectivity index (χ4n) is 2.77. The summed E-state index contributed by atoms with van der Waals surface area (Å²) in [4.78, 5) is 12.7. The lowest BCUT2D eigenvalue weighted by atomic mass is 10.3. The summed E-state index contributed by atoms with van der Waals surface area (Å²) in [7, 11) is 0. The summed E-state index contributed by atoms with van der Waals surface area (Å²) in [5.74, 6) is 0.639. The van der Waals surface area contributed by atoms with Gasteiger partial charge in [0.05, 0.1) is 18.4 Å². The molecule has 0 aliphatic heterocycles. The van der Waals surface area contributed by atoms with Gasteiger partial charge in [-0.3, -0.25) is 4.79 Å². The van der Waals surface area contributed by atoms with Gasteiger partial charge in [-0.15, -0.1) is 0 Å². The van der Waals surface area contributed by atoms with Crippen molar-refractivity contribution in [1.82, 2.24) is 19.6 Å². The minimum Gasteiger partial charge on any atom is -0.491 e. The predicted molar refractivity (Wildman–Crippen MR) is 109 cm³/mol. The Kier molecular flexibility index (Phi) is 5.23. The fourth-order valence-corrected chi connectivity index (χ4v) is 3.04. The van der Waals surface area contributed by atoms with Gasteiger partial charge in [-0.1, -0.05) is 34.1 Å². The van der Waals surface area contributed by atoms with Crippen LogP contribution in [-0.4, -0.2) is 37.4 Å². The van der Waals surface area contributed by atoms with Crippen molar-refractivity contribution in [3.63, 3.8) is 0 Å². The quantitative estimate of drug-likeness (QED) is 0.498. The van der Waals surface area contributed by atoms with Crippen molar-refractivity contribution < 1.29 is 9.84 Å². The molecule has 0 amide bonds. The van der Waals surface area contributed by atoms with Gasteiger partial charge < -0.3 is 9.84 Å². The first-order valence-corrected chi connectivity index (χ1v) is 9.47. The fraction of sp³-hybridized carbons (Fsp3) is 0.150. The third kappa shape index (κ3) is 3.97. The van der Waals surface area contributed by atoms with E-state index in [4.69, 9.17) is 4.74 Å². The molecular formula is C20H17BrN4O3. The van der Waals surface area contributed by atoms with Crippen molar-refractivity contribution in [2.24, 2.45) is 0 Å². The number of ether oxygens (including phenoxy) is 1. The Balaban J connectivity index is 1.50. The van der Waals surface area contributed by atoms with Gasteiger partial charge in [0, 0.05) is 16.1 Å². The number of rotatable bonds is 6. The van der Waals surface area contributed by atoms with Crippen LogP contribution < -0.4 is 10.3 Å². The van der Waals surface area contributed by atoms with E-state index in [-0.39, 0.29) is 18.7 Å². The standard InChI is InChI=1S/C20H17BrN4O3/c21-15-6-8-18(9-7-15)28-13-17(26)12-25-20(27)19-14(10-22-25)11-24(23-19)16-4-2-1-3-5-16/h1-11,17,26H,12-13H2. The van der Waals surface area contributed by atoms with E-state index in [2.05, 4.69) is 26.1 Å². The topological polar surface area (TPSA) is 82.2 Å². The number of aromatic nitrogens is 4. The van der Waals surface area contributed by atoms with Gasteiger partial charge in [-0.2, -0.15) is 10.2 Å². The van der Waals surface area contributed by atoms with Crippen molar-refractivity contribution in [2.45, 2.75) is 12.6 Å². The van der Waals surface area contributed by atoms with E-state index in [1.807, 2.05) is 42.5 Å². The Morgan fingerprint density at radius 1 is 1.11 bits per heavy atom. The first-order chi connectivity index (χ1) is 13.6. The summed E-state index contributed by atoms with van der Waals surface area (Å²) in [6.45, 7) is 0.0652. The number of fused-ring (bicyclic) bond motifs is 1. The van der Waals surface area contributed by atoms with Gasteiger partial charge in [0.1, 0.15) is 18.5 Å². The molecule has 2 heterocycles. The van der Waals surface area contributed by atoms with Crippen LogP contribution in [0.2, 0.25) is 0 Å². The number of halogens is 1. The Bertz CT molecular complexity index is 1140. The molecular weight excluding hydrogens is 424 g/mol. The summed E-state index contributed by atoms with van der Waals surface area (Å²) in [5, 5.41) is 19.4. The molecule has 8 heteroatoms. The van der Waals surface area contributed by atoms with Crippen molar-refractivity contribution in [1.29, 1.82) is 0 Å². The number of hydrogen-bond acceptors (Lipinski definition) is 5. The van der Waals surface area contributed by atoms with Crippen LogP contribution in [0.15, 0.2) is 76.3 Å². The number of aliphatic hydroxyl groups excluding tert-OH is 1. The van der Waals surface area contributed by atoms with Crippen LogP contribution in [0.5, 0.6) is 5.75 Å². The van der Waals surface area contributed by atoms with E-state index < -0.39 is 6.10 Å². The predicted octanol–water partition coefficient (Wildman–Crippen LogP) is 2.78. The molecule has 2 aromatic carbocycles. The van der Waals surface area contributed by atoms with Gasteiger partial charge in [-0.05, 0) is 36.4 Å². The summed E-state index contributed by atoms with van der Waals surface area (Å²) in [5.41, 5.74) is 0.808. The van der Waals surface area contributed by atoms with Gasteiger partial charge in [0.15, 0.2) is 5.52 Å². The zero-order valence-electron chi connectivity index (χ0n) is 14.8. The molecule has 0 aliphatic rings. The smallest absolute Gasteiger partial charge is 0.295 e. The Labute approximate surface area is 168 Å². The van der Waals surface area contributed by atoms with E-state index in [0.29, 0.717) is 16.7 Å². The average molecular weight is 441 g/mol. The van der Waals surface area contributed by atoms with E-state index in [1.165, 1.54) is 4.68 Å². The highest BCUT2D eigenvalue weighted by Crippen LogP contribution is 2.16. The van der Waals surface area contributed by atoms with Crippen LogP contribution in [0.25, 0.3) is 16.6 Å². The molecule has 0 saturated carbocycles. The number of benzene rings is 2. The molecule has 4 rings (SSSR count). The second-order valence-electron chi connectivity index (χ2n) is 6.26. The molecule has 1 atom stereocenters. The third-order valence-electron chi connectivity index (χ3n) is 4.18. The largest absolute Gasteiger partial charge is 0.491 e. The maximum absolute atomic E-state index is 12.7. The Hall–Kier alpha value is -2.97. The number of para-hydroxylation sites is 1. The molecule has 4 aromatic rings. The Morgan fingerprint density at radius 2 is 1.86 bits per heavy atom. The van der Waals surface area contributed by atoms with Crippen molar-refractivity contribution in [3.8, 4) is 11.4 Å². The number of aliphatic hydroxyl groups is 1. The molecule has 1 unspecified atom stereocenters. The van der Waals surface area contributed by atoms with E-state index in [9.17, 15) is 9.90 Å². The maximum atomic E-state index is 12.7. The molecule has 0 fully saturated rings. The molecule has 2 aromatic heterocycles. The van der Waals surface area contributed by atoms with Crippen LogP contribution in [0.3, 0.4) is 0 Å². The van der Waals surface area contributed by atoms with Gasteiger partial charge >= 0.3 is 0 Å². The monoisotopic (exact) mass is 440 g/mol. The minimum atomic E-state index is -0.887. The molecule has 1 N–H and O–H groups in total. The molecule has 7 nitrogen and oxygen atoms in total. The summed E-state index contributed by atoms with van der Waals surface area (Å²) < 4.78 is 9.35. The molecule has 142 valence electrons. The second-order valence-corrected chi connectivity index (χ2v) is 7.18. The lowest BCUT2D eigenvalue weighted by Crippen LogP contribution is -2.31. The molecule has 0 spiro atoms. The minimum absolute atomic E-state index is 0.0174. The number of nitrogens with zero attached hydrogens (tertiary/aromatic N) is 4. The van der Waals surface area contributed by atoms with E-state index >= 15 is 0 Å². The van der Waals surface area contributed by atoms with Gasteiger partial charge in [0.25, 0.3) is 5.56 Å². The molecule has 28 heavy (non-hydrogen) atoms. The first-order valence-electron chi connectivity index (χ1n) is 8.67. The summed E-state index contributed by atoms with van der Waals surface area (Å²) >= 11 is 3.36. The first kappa shape index (κ1) is 18.4. The number of hydrogen-bond donors (Lipinski definition) is 1. The maximum Gasteiger partial charge on any atom is 0.295 e. The van der Waals surface area contributed by atoms with Crippen LogP contribution in [0.1, 0.15) is 0 Å². The van der Waals surface area contributed by atoms with Crippen molar-refractivity contribution in [3.05, 3.63) is 81.8 Å². The van der Waals surface area contributed by atoms with Gasteiger partial charge in [-0.25, -0.2) is 9.36 Å². The third-order valence-corrected chi connectivity index (χ3v) is 4.70. The van der Waals surface area contributed by atoms with Gasteiger partial charge in [0.2, 0.25) is 0 Å². The zero-order chi connectivity index (χ0) is 19.5. The highest BCUT2D eigenvalue weighted by molar-refractivity contribution is 9.10. The second kappa shape index (κ2) is 7.95. The summed E-state index contributed by atoms with van der Waals surface area (Å²) in [6.07, 6.45) is 2.45. The normalized spacial score (nSPS) is 12.2. The van der Waals surface area contributed by atoms with Crippen LogP contribution >= 0.6 is 15.9 Å². The van der Waals surface area contributed by atoms with Crippen LogP contribution in [0.4, 0.5) is 0 Å². The zero-order valence-corrected chi connectivity index (χ0v) is 16.4. The average Bonchev–Trinajstić information content (AvgIpc) is 3.16. The van der Waals surface area contributed by atoms with Crippen molar-refractivity contribution in [2.75, 3.05) is 6.61 Å². The summed E-state index contributed by atoms with van der Waals surface area (Å²) in [6, 6.07) is 16.8. The molecule has 0 bridgehead atoms. The lowest BCUT2D eigenvalue weighted by molar-refractivity contribution is 0.0881. The highest BCUT2D eigenvalue weighted by atomic mass is 79.9. The van der Waals surface area contributed by atoms with Crippen LogP contribution in [0, 0.1) is 0 Å². The lowest BCUT2D eigenvalue weighted by Gasteiger charge is -2.13. The molecule has 0 saturated heterocycles. The highest BCUT2D eigenvalue weighted by Gasteiger charge is 2.13. The SMILES string of the molecule is O=c1c2nn(-c3ccccc3)cc2cnn1CC(O)COc1ccc(Br)cc1. The van der Waals surface area contributed by atoms with Crippen molar-refractivity contribution >= 4 is 26.8 Å². The molecule has 0 radical (unpaired) electrons. The Morgan fingerprint density at radius 3 is 2.61 bits per heavy atom.